The number of hydrogen-bond donors (Lipinski definition) is 1. The molecule has 0 heterocycles. The van der Waals surface area contributed by atoms with Gasteiger partial charge in [0.1, 0.15) is 0 Å². The molecule has 2 nitrogen and oxygen atoms in total. The maximum atomic E-state index is 11.4. The molecule has 0 saturated carbocycles. The van der Waals surface area contributed by atoms with E-state index in [1.807, 2.05) is 0 Å². The van der Waals surface area contributed by atoms with Crippen LogP contribution in [0.5, 0.6) is 0 Å². The monoisotopic (exact) mass is 250 g/mol. The first-order valence-corrected chi connectivity index (χ1v) is 8.84. The third-order valence-corrected chi connectivity index (χ3v) is 4.06. The Labute approximate surface area is 124 Å². The van der Waals surface area contributed by atoms with E-state index in [9.17, 15) is 9.90 Å². The number of carbonyl (C=O) groups is 1. The van der Waals surface area contributed by atoms with Crippen molar-refractivity contribution in [3.05, 3.63) is 0 Å². The third kappa shape index (κ3) is 11.5. The van der Waals surface area contributed by atoms with Gasteiger partial charge in [-0.3, -0.25) is 0 Å². The van der Waals surface area contributed by atoms with Crippen molar-refractivity contribution in [2.24, 2.45) is 0 Å². The zero-order valence-electron chi connectivity index (χ0n) is 11.7. The van der Waals surface area contributed by atoms with Crippen LogP contribution in [0.25, 0.3) is 0 Å². The number of rotatable bonds is 12. The molecule has 0 aliphatic carbocycles. The second-order valence-electron chi connectivity index (χ2n) is 4.97. The first kappa shape index (κ1) is 17.6. The zero-order chi connectivity index (χ0) is 12.9. The Bertz CT molecular complexity index is 183. The summed E-state index contributed by atoms with van der Waals surface area (Å²) in [6.45, 7) is 2.24. The summed E-state index contributed by atoms with van der Waals surface area (Å²) in [5.41, 5.74) is 0. The van der Waals surface area contributed by atoms with Gasteiger partial charge in [-0.25, -0.2) is 0 Å². The van der Waals surface area contributed by atoms with Crippen LogP contribution in [0.3, 0.4) is 0 Å². The maximum absolute atomic E-state index is 11.4. The molecule has 0 aromatic heterocycles. The van der Waals surface area contributed by atoms with Crippen molar-refractivity contribution in [2.75, 3.05) is 0 Å². The van der Waals surface area contributed by atoms with Gasteiger partial charge < -0.3 is 0 Å². The van der Waals surface area contributed by atoms with Crippen molar-refractivity contribution in [3.63, 3.8) is 0 Å². The van der Waals surface area contributed by atoms with Gasteiger partial charge in [0.25, 0.3) is 0 Å². The summed E-state index contributed by atoms with van der Waals surface area (Å²) in [6.07, 6.45) is 11.4. The topological polar surface area (TPSA) is 37.3 Å². The van der Waals surface area contributed by atoms with Gasteiger partial charge in [-0.15, -0.1) is 0 Å². The van der Waals surface area contributed by atoms with E-state index in [0.717, 1.165) is 40.8 Å². The number of hydrogen-bond acceptors (Lipinski definition) is 2. The number of Topliss-reactive ketones (excluding diaryl/α,β-unsaturated/α-hetero) is 1. The van der Waals surface area contributed by atoms with E-state index in [1.54, 1.807) is 0 Å². The van der Waals surface area contributed by atoms with Crippen molar-refractivity contribution in [2.45, 2.75) is 80.9 Å². The molecular formula is C14H27NaO2. The molecule has 0 aromatic carbocycles. The molecule has 0 amide bonds. The predicted molar refractivity (Wildman–Crippen MR) is 73.4 cm³/mol. The Morgan fingerprint density at radius 2 is 1.47 bits per heavy atom. The Morgan fingerprint density at radius 1 is 1.00 bits per heavy atom. The standard InChI is InChI=1S/C14H27O2.Na/c1-3-4-5-6-7-8-9-10-11-12-14(16)13(2)15;/h13,15H,2-12H2,1H3;. The van der Waals surface area contributed by atoms with Crippen molar-refractivity contribution >= 4 is 33.7 Å². The number of aliphatic hydroxyl groups excluding tert-OH is 1. The van der Waals surface area contributed by atoms with Crippen molar-refractivity contribution < 1.29 is 9.90 Å². The normalized spacial score (nSPS) is 12.7. The van der Waals surface area contributed by atoms with Gasteiger partial charge in [0.05, 0.1) is 0 Å². The first-order chi connectivity index (χ1) is 8.22. The molecule has 0 aromatic rings. The quantitative estimate of drug-likeness (QED) is 0.425. The summed E-state index contributed by atoms with van der Waals surface area (Å²) in [4.78, 5) is 11.4. The number of carbonyl (C=O) groups excluding carboxylic acids is 1. The summed E-state index contributed by atoms with van der Waals surface area (Å²) in [5, 5.41) is 9.33. The van der Waals surface area contributed by atoms with Crippen LogP contribution in [-0.4, -0.2) is 44.9 Å². The van der Waals surface area contributed by atoms with Gasteiger partial charge >= 0.3 is 111 Å². The molecule has 1 N–H and O–H groups in total. The van der Waals surface area contributed by atoms with Crippen LogP contribution >= 0.6 is 0 Å². The predicted octanol–water partition coefficient (Wildman–Crippen LogP) is 3.42. The van der Waals surface area contributed by atoms with Gasteiger partial charge in [0, 0.05) is 0 Å². The molecule has 0 aliphatic heterocycles. The Hall–Kier alpha value is 0.630. The summed E-state index contributed by atoms with van der Waals surface area (Å²) in [6, 6.07) is 0. The molecule has 17 heavy (non-hydrogen) atoms. The summed E-state index contributed by atoms with van der Waals surface area (Å²) >= 11 is 0.911. The number of unbranched alkanes of at least 4 members (excludes halogenated alkanes) is 8. The molecule has 0 spiro atoms. The van der Waals surface area contributed by atoms with Crippen LogP contribution in [0.1, 0.15) is 71.1 Å². The molecule has 0 bridgehead atoms. The van der Waals surface area contributed by atoms with Gasteiger partial charge in [-0.2, -0.15) is 0 Å². The van der Waals surface area contributed by atoms with E-state index in [-0.39, 0.29) is 5.78 Å². The Kier molecular flexibility index (Phi) is 13.6. The van der Waals surface area contributed by atoms with Gasteiger partial charge in [-0.05, 0) is 0 Å². The second kappa shape index (κ2) is 13.1. The fraction of sp³-hybridized carbons (Fsp3) is 0.929. The van der Waals surface area contributed by atoms with E-state index in [2.05, 4.69) is 6.92 Å². The number of aliphatic hydroxyl groups is 1. The van der Waals surface area contributed by atoms with E-state index >= 15 is 0 Å². The van der Waals surface area contributed by atoms with Crippen molar-refractivity contribution in [1.29, 1.82) is 0 Å². The third-order valence-electron chi connectivity index (χ3n) is 3.29. The minimum absolute atomic E-state index is 0.0583. The minimum atomic E-state index is -0.657. The molecule has 0 aliphatic rings. The zero-order valence-corrected chi connectivity index (χ0v) is 13.7. The average molecular weight is 250 g/mol. The average Bonchev–Trinajstić information content (AvgIpc) is 2.35. The van der Waals surface area contributed by atoms with Crippen LogP contribution < -0.4 is 0 Å². The summed E-state index contributed by atoms with van der Waals surface area (Å²) < 4.78 is 0.691. The van der Waals surface area contributed by atoms with Crippen LogP contribution in [0.15, 0.2) is 0 Å². The molecule has 0 rings (SSSR count). The number of ketones is 1. The Balaban J connectivity index is 3.16. The molecular weight excluding hydrogens is 223 g/mol. The molecule has 0 radical (unpaired) electrons. The second-order valence-corrected chi connectivity index (χ2v) is 5.79. The summed E-state index contributed by atoms with van der Waals surface area (Å²) in [7, 11) is 0. The Morgan fingerprint density at radius 3 is 1.94 bits per heavy atom. The molecule has 0 saturated heterocycles. The van der Waals surface area contributed by atoms with Crippen molar-refractivity contribution in [3.8, 4) is 0 Å². The van der Waals surface area contributed by atoms with Crippen LogP contribution in [0.4, 0.5) is 0 Å². The van der Waals surface area contributed by atoms with Crippen LogP contribution in [0.2, 0.25) is 3.67 Å². The first-order valence-electron chi connectivity index (χ1n) is 7.43. The van der Waals surface area contributed by atoms with E-state index < -0.39 is 6.10 Å². The van der Waals surface area contributed by atoms with E-state index in [4.69, 9.17) is 0 Å². The molecule has 3 heteroatoms. The molecule has 96 valence electrons. The van der Waals surface area contributed by atoms with Gasteiger partial charge in [0.2, 0.25) is 0 Å². The van der Waals surface area contributed by atoms with Crippen LogP contribution in [-0.2, 0) is 4.79 Å². The van der Waals surface area contributed by atoms with Gasteiger partial charge in [-0.1, -0.05) is 13.3 Å². The van der Waals surface area contributed by atoms with Crippen molar-refractivity contribution in [1.82, 2.24) is 0 Å². The molecule has 1 unspecified atom stereocenters. The fourth-order valence-electron chi connectivity index (χ4n) is 2.00. The van der Waals surface area contributed by atoms with E-state index in [0.29, 0.717) is 10.1 Å². The van der Waals surface area contributed by atoms with Crippen LogP contribution in [0, 0.1) is 0 Å². The molecule has 1 atom stereocenters. The molecule has 0 fully saturated rings. The van der Waals surface area contributed by atoms with E-state index in [1.165, 1.54) is 44.9 Å². The SMILES string of the molecule is CCCCCCCCCCCC(=O)C(O)[CH2][Na]. The fourth-order valence-corrected chi connectivity index (χ4v) is 2.46. The summed E-state index contributed by atoms with van der Waals surface area (Å²) in [5.74, 6) is 0.0583. The van der Waals surface area contributed by atoms with Gasteiger partial charge in [0.15, 0.2) is 0 Å².